The van der Waals surface area contributed by atoms with Gasteiger partial charge < -0.3 is 5.32 Å². The van der Waals surface area contributed by atoms with Gasteiger partial charge in [-0.15, -0.1) is 11.3 Å². The van der Waals surface area contributed by atoms with E-state index in [0.717, 1.165) is 42.7 Å². The summed E-state index contributed by atoms with van der Waals surface area (Å²) in [5.74, 6) is 0.605. The van der Waals surface area contributed by atoms with E-state index in [2.05, 4.69) is 10.3 Å². The van der Waals surface area contributed by atoms with Crippen LogP contribution >= 0.6 is 11.3 Å². The highest BCUT2D eigenvalue weighted by Gasteiger charge is 2.15. The van der Waals surface area contributed by atoms with Crippen molar-refractivity contribution in [3.8, 4) is 0 Å². The van der Waals surface area contributed by atoms with E-state index in [1.165, 1.54) is 11.3 Å². The molecular weight excluding hydrogens is 234 g/mol. The van der Waals surface area contributed by atoms with E-state index in [1.807, 2.05) is 11.4 Å². The quantitative estimate of drug-likeness (QED) is 0.876. The molecule has 17 heavy (non-hydrogen) atoms. The Balaban J connectivity index is 1.89. The molecule has 1 aliphatic heterocycles. The molecule has 0 amide bonds. The van der Waals surface area contributed by atoms with Crippen molar-refractivity contribution in [3.63, 3.8) is 0 Å². The predicted molar refractivity (Wildman–Crippen MR) is 69.5 cm³/mol. The van der Waals surface area contributed by atoms with Gasteiger partial charge in [0.2, 0.25) is 0 Å². The molecule has 0 aliphatic carbocycles. The second kappa shape index (κ2) is 4.58. The maximum Gasteiger partial charge on any atom is 0.271 e. The first-order valence-corrected chi connectivity index (χ1v) is 6.86. The Morgan fingerprint density at radius 3 is 3.12 bits per heavy atom. The topological polar surface area (TPSA) is 46.9 Å². The number of thiophene rings is 1. The molecule has 1 fully saturated rings. The molecule has 0 radical (unpaired) electrons. The molecule has 0 atom stereocenters. The van der Waals surface area contributed by atoms with Crippen molar-refractivity contribution in [1.29, 1.82) is 0 Å². The lowest BCUT2D eigenvalue weighted by Crippen LogP contribution is -2.32. The molecule has 4 nitrogen and oxygen atoms in total. The highest BCUT2D eigenvalue weighted by atomic mass is 32.1. The van der Waals surface area contributed by atoms with Crippen LogP contribution in [-0.4, -0.2) is 22.6 Å². The van der Waals surface area contributed by atoms with Gasteiger partial charge in [0.1, 0.15) is 4.70 Å². The van der Waals surface area contributed by atoms with Crippen LogP contribution in [0.1, 0.15) is 12.8 Å². The van der Waals surface area contributed by atoms with Crippen molar-refractivity contribution in [2.75, 3.05) is 13.1 Å². The Bertz CT molecular complexity index is 568. The Morgan fingerprint density at radius 1 is 1.47 bits per heavy atom. The summed E-state index contributed by atoms with van der Waals surface area (Å²) in [5.41, 5.74) is 0.935. The number of hydrogen-bond acceptors (Lipinski definition) is 4. The molecular formula is C12H15N3OS. The molecule has 1 saturated heterocycles. The number of fused-ring (bicyclic) bond motifs is 1. The Kier molecular flexibility index (Phi) is 2.94. The summed E-state index contributed by atoms with van der Waals surface area (Å²) in [6.07, 6.45) is 3.99. The number of nitrogens with one attached hydrogen (secondary N) is 1. The van der Waals surface area contributed by atoms with E-state index in [1.54, 1.807) is 10.9 Å². The average Bonchev–Trinajstić information content (AvgIpc) is 2.83. The molecule has 1 N–H and O–H groups in total. The van der Waals surface area contributed by atoms with Crippen molar-refractivity contribution in [2.24, 2.45) is 5.92 Å². The summed E-state index contributed by atoms with van der Waals surface area (Å²) in [6, 6.07) is 1.90. The van der Waals surface area contributed by atoms with Gasteiger partial charge in [0.05, 0.1) is 11.8 Å². The number of piperidine rings is 1. The van der Waals surface area contributed by atoms with E-state index < -0.39 is 0 Å². The predicted octanol–water partition coefficient (Wildman–Crippen LogP) is 1.46. The van der Waals surface area contributed by atoms with Crippen LogP contribution in [0.5, 0.6) is 0 Å². The Labute approximate surface area is 103 Å². The summed E-state index contributed by atoms with van der Waals surface area (Å²) < 4.78 is 2.55. The monoisotopic (exact) mass is 249 g/mol. The lowest BCUT2D eigenvalue weighted by atomic mass is 9.98. The van der Waals surface area contributed by atoms with Gasteiger partial charge in [-0.25, -0.2) is 4.98 Å². The van der Waals surface area contributed by atoms with Crippen LogP contribution in [0.15, 0.2) is 22.6 Å². The minimum absolute atomic E-state index is 0.114. The zero-order valence-corrected chi connectivity index (χ0v) is 10.4. The molecule has 3 rings (SSSR count). The number of hydrogen-bond donors (Lipinski definition) is 1. The van der Waals surface area contributed by atoms with Crippen molar-refractivity contribution in [3.05, 3.63) is 28.1 Å². The molecule has 0 saturated carbocycles. The maximum absolute atomic E-state index is 12.2. The molecule has 0 unspecified atom stereocenters. The summed E-state index contributed by atoms with van der Waals surface area (Å²) >= 11 is 1.48. The first-order valence-electron chi connectivity index (χ1n) is 5.98. The summed E-state index contributed by atoms with van der Waals surface area (Å²) in [4.78, 5) is 16.5. The largest absolute Gasteiger partial charge is 0.317 e. The summed E-state index contributed by atoms with van der Waals surface area (Å²) in [7, 11) is 0. The molecule has 1 aliphatic rings. The van der Waals surface area contributed by atoms with Gasteiger partial charge >= 0.3 is 0 Å². The van der Waals surface area contributed by atoms with E-state index in [0.29, 0.717) is 5.92 Å². The van der Waals surface area contributed by atoms with Crippen LogP contribution < -0.4 is 10.9 Å². The standard InChI is InChI=1S/C12H15N3OS/c16-12-11-10(3-6-17-11)14-8-15(12)7-9-1-4-13-5-2-9/h3,6,8-9,13H,1-2,4-5,7H2. The smallest absolute Gasteiger partial charge is 0.271 e. The highest BCUT2D eigenvalue weighted by Crippen LogP contribution is 2.16. The van der Waals surface area contributed by atoms with E-state index in [-0.39, 0.29) is 5.56 Å². The first-order chi connectivity index (χ1) is 8.34. The molecule has 2 aromatic rings. The molecule has 90 valence electrons. The van der Waals surface area contributed by atoms with Crippen molar-refractivity contribution < 1.29 is 0 Å². The fourth-order valence-electron chi connectivity index (χ4n) is 2.35. The Morgan fingerprint density at radius 2 is 2.29 bits per heavy atom. The summed E-state index contributed by atoms with van der Waals surface area (Å²) in [5, 5.41) is 5.26. The van der Waals surface area contributed by atoms with Crippen LogP contribution in [0.4, 0.5) is 0 Å². The van der Waals surface area contributed by atoms with Crippen LogP contribution in [0.2, 0.25) is 0 Å². The average molecular weight is 249 g/mol. The van der Waals surface area contributed by atoms with Crippen molar-refractivity contribution in [2.45, 2.75) is 19.4 Å². The first kappa shape index (κ1) is 10.9. The molecule has 2 aromatic heterocycles. The second-order valence-corrected chi connectivity index (χ2v) is 5.45. The van der Waals surface area contributed by atoms with Crippen LogP contribution in [0, 0.1) is 5.92 Å². The van der Waals surface area contributed by atoms with Gasteiger partial charge in [-0.3, -0.25) is 9.36 Å². The minimum Gasteiger partial charge on any atom is -0.317 e. The van der Waals surface area contributed by atoms with Crippen LogP contribution in [-0.2, 0) is 6.54 Å². The number of aromatic nitrogens is 2. The van der Waals surface area contributed by atoms with Gasteiger partial charge in [-0.2, -0.15) is 0 Å². The third kappa shape index (κ3) is 2.12. The molecule has 0 spiro atoms. The lowest BCUT2D eigenvalue weighted by molar-refractivity contribution is 0.329. The van der Waals surface area contributed by atoms with Gasteiger partial charge in [0.25, 0.3) is 5.56 Å². The third-order valence-corrected chi connectivity index (χ3v) is 4.24. The van der Waals surface area contributed by atoms with E-state index in [4.69, 9.17) is 0 Å². The normalized spacial score (nSPS) is 17.6. The van der Waals surface area contributed by atoms with E-state index >= 15 is 0 Å². The van der Waals surface area contributed by atoms with Crippen molar-refractivity contribution in [1.82, 2.24) is 14.9 Å². The Hall–Kier alpha value is -1.20. The summed E-state index contributed by atoms with van der Waals surface area (Å²) in [6.45, 7) is 2.93. The maximum atomic E-state index is 12.2. The molecule has 0 aromatic carbocycles. The fraction of sp³-hybridized carbons (Fsp3) is 0.500. The van der Waals surface area contributed by atoms with Gasteiger partial charge in [-0.1, -0.05) is 0 Å². The lowest BCUT2D eigenvalue weighted by Gasteiger charge is -2.22. The zero-order valence-electron chi connectivity index (χ0n) is 9.56. The number of rotatable bonds is 2. The fourth-order valence-corrected chi connectivity index (χ4v) is 3.14. The second-order valence-electron chi connectivity index (χ2n) is 4.53. The van der Waals surface area contributed by atoms with E-state index in [9.17, 15) is 4.79 Å². The van der Waals surface area contributed by atoms with Gasteiger partial charge in [0.15, 0.2) is 0 Å². The minimum atomic E-state index is 0.114. The third-order valence-electron chi connectivity index (χ3n) is 3.35. The number of nitrogens with zero attached hydrogens (tertiary/aromatic N) is 2. The van der Waals surface area contributed by atoms with Gasteiger partial charge in [0, 0.05) is 6.54 Å². The van der Waals surface area contributed by atoms with Crippen molar-refractivity contribution >= 4 is 21.6 Å². The highest BCUT2D eigenvalue weighted by molar-refractivity contribution is 7.17. The van der Waals surface area contributed by atoms with Gasteiger partial charge in [-0.05, 0) is 43.3 Å². The van der Waals surface area contributed by atoms with Crippen LogP contribution in [0.3, 0.4) is 0 Å². The molecule has 5 heteroatoms. The zero-order chi connectivity index (χ0) is 11.7. The SMILES string of the molecule is O=c1c2sccc2ncn1CC1CCNCC1. The molecule has 3 heterocycles. The van der Waals surface area contributed by atoms with Crippen LogP contribution in [0.25, 0.3) is 10.2 Å². The molecule has 0 bridgehead atoms.